The number of likely N-dealkylation sites (N-methyl/N-ethyl adjacent to an activating group) is 2. The van der Waals surface area contributed by atoms with Crippen LogP contribution in [-0.2, 0) is 31.1 Å². The molecule has 9 rings (SSSR count). The number of ether oxygens (including phenoxy) is 3. The van der Waals surface area contributed by atoms with Gasteiger partial charge in [-0.1, -0.05) is 48.5 Å². The molecule has 3 amide bonds. The Morgan fingerprint density at radius 3 is 1.78 bits per heavy atom. The second kappa shape index (κ2) is 15.8. The third-order valence-electron chi connectivity index (χ3n) is 12.4. The highest BCUT2D eigenvalue weighted by Crippen LogP contribution is 2.44. The molecular weight excluding hydrogens is 775 g/mol. The molecule has 0 radical (unpaired) electrons. The molecule has 0 N–H and O–H groups in total. The Balaban J connectivity index is 0.972. The van der Waals surface area contributed by atoms with Crippen LogP contribution in [0, 0.1) is 6.92 Å². The Kier molecular flexibility index (Phi) is 10.4. The first kappa shape index (κ1) is 39.3. The maximum Gasteiger partial charge on any atom is 0.256 e. The fraction of sp³-hybridized carbons (Fsp3) is 0.312. The summed E-state index contributed by atoms with van der Waals surface area (Å²) < 4.78 is 18.9. The largest absolute Gasteiger partial charge is 0.493 e. The van der Waals surface area contributed by atoms with E-state index < -0.39 is 0 Å². The van der Waals surface area contributed by atoms with Crippen molar-refractivity contribution >= 4 is 46.5 Å². The minimum absolute atomic E-state index is 0.0185. The molecule has 4 aliphatic heterocycles. The lowest BCUT2D eigenvalue weighted by molar-refractivity contribution is -0.115. The van der Waals surface area contributed by atoms with E-state index in [1.165, 1.54) is 34.0 Å². The van der Waals surface area contributed by atoms with E-state index in [0.29, 0.717) is 60.3 Å². The normalized spacial score (nSPS) is 17.5. The molecule has 11 nitrogen and oxygen atoms in total. The van der Waals surface area contributed by atoms with Crippen LogP contribution in [0.25, 0.3) is 0 Å². The van der Waals surface area contributed by atoms with Crippen molar-refractivity contribution in [3.8, 4) is 17.2 Å². The van der Waals surface area contributed by atoms with Gasteiger partial charge in [-0.05, 0) is 82.5 Å². The number of nitrogens with zero attached hydrogens (tertiary/aromatic N) is 5. The number of anilines is 3. The molecule has 0 aromatic heterocycles. The molecule has 0 bridgehead atoms. The summed E-state index contributed by atoms with van der Waals surface area (Å²) in [5.74, 6) is 1.97. The molecular formula is C48H49N5O6S. The molecule has 4 heterocycles. The van der Waals surface area contributed by atoms with Crippen molar-refractivity contribution in [2.24, 2.45) is 0 Å². The molecule has 0 fully saturated rings. The van der Waals surface area contributed by atoms with E-state index in [1.54, 1.807) is 25.1 Å². The van der Waals surface area contributed by atoms with Crippen LogP contribution in [0.2, 0.25) is 0 Å². The number of fused-ring (bicyclic) bond motifs is 8. The van der Waals surface area contributed by atoms with Crippen LogP contribution in [0.1, 0.15) is 71.7 Å². The van der Waals surface area contributed by atoms with Gasteiger partial charge in [0.05, 0.1) is 47.4 Å². The minimum Gasteiger partial charge on any atom is -0.493 e. The molecule has 12 heteroatoms. The molecule has 0 saturated heterocycles. The summed E-state index contributed by atoms with van der Waals surface area (Å²) in [5, 5.41) is 0. The van der Waals surface area contributed by atoms with Crippen LogP contribution in [0.3, 0.4) is 0 Å². The van der Waals surface area contributed by atoms with Gasteiger partial charge in [0.1, 0.15) is 19.0 Å². The fourth-order valence-electron chi connectivity index (χ4n) is 9.19. The third-order valence-corrected chi connectivity index (χ3v) is 12.9. The van der Waals surface area contributed by atoms with Gasteiger partial charge in [-0.15, -0.1) is 0 Å². The number of rotatable bonds is 10. The molecule has 0 aliphatic carbocycles. The number of benzene rings is 5. The lowest BCUT2D eigenvalue weighted by atomic mass is 10.0. The van der Waals surface area contributed by atoms with E-state index in [1.807, 2.05) is 97.7 Å². The van der Waals surface area contributed by atoms with Gasteiger partial charge in [-0.3, -0.25) is 14.4 Å². The van der Waals surface area contributed by atoms with E-state index in [-0.39, 0.29) is 43.0 Å². The first-order chi connectivity index (χ1) is 29.0. The van der Waals surface area contributed by atoms with Crippen molar-refractivity contribution in [3.63, 3.8) is 0 Å². The number of hydrogen-bond donors (Lipinski definition) is 0. The van der Waals surface area contributed by atoms with Gasteiger partial charge in [0.2, 0.25) is 5.91 Å². The second-order valence-corrected chi connectivity index (χ2v) is 17.0. The van der Waals surface area contributed by atoms with E-state index in [4.69, 9.17) is 14.2 Å². The van der Waals surface area contributed by atoms with Crippen LogP contribution in [-0.4, -0.2) is 80.9 Å². The first-order valence-corrected chi connectivity index (χ1v) is 21.6. The summed E-state index contributed by atoms with van der Waals surface area (Å²) in [6.45, 7) is 4.86. The Bertz CT molecular complexity index is 2540. The number of thioether (sulfide) groups is 1. The van der Waals surface area contributed by atoms with Crippen molar-refractivity contribution < 1.29 is 28.6 Å². The van der Waals surface area contributed by atoms with Crippen molar-refractivity contribution in [3.05, 3.63) is 141 Å². The van der Waals surface area contributed by atoms with Crippen molar-refractivity contribution in [1.29, 1.82) is 0 Å². The number of methoxy groups -OCH3 is 1. The maximum atomic E-state index is 14.1. The average molecular weight is 824 g/mol. The Morgan fingerprint density at radius 2 is 1.23 bits per heavy atom. The van der Waals surface area contributed by atoms with Gasteiger partial charge in [0.25, 0.3) is 11.8 Å². The van der Waals surface area contributed by atoms with Crippen LogP contribution in [0.15, 0.2) is 91.0 Å². The maximum absolute atomic E-state index is 14.1. The summed E-state index contributed by atoms with van der Waals surface area (Å²) in [4.78, 5) is 51.1. The topological polar surface area (TPSA) is 95.1 Å². The minimum atomic E-state index is -0.0514. The molecule has 60 heavy (non-hydrogen) atoms. The third kappa shape index (κ3) is 6.96. The molecule has 5 aromatic carbocycles. The van der Waals surface area contributed by atoms with E-state index in [2.05, 4.69) is 34.1 Å². The number of carbonyl (C=O) groups excluding carboxylic acids is 3. The molecule has 0 saturated carbocycles. The van der Waals surface area contributed by atoms with Crippen LogP contribution >= 0.6 is 11.8 Å². The van der Waals surface area contributed by atoms with Crippen LogP contribution in [0.4, 0.5) is 17.1 Å². The van der Waals surface area contributed by atoms with E-state index in [9.17, 15) is 14.4 Å². The summed E-state index contributed by atoms with van der Waals surface area (Å²) in [6, 6.07) is 30.1. The molecule has 4 aliphatic rings. The molecule has 0 unspecified atom stereocenters. The Labute approximate surface area is 355 Å². The monoisotopic (exact) mass is 823 g/mol. The lowest BCUT2D eigenvalue weighted by Gasteiger charge is -2.25. The van der Waals surface area contributed by atoms with Crippen LogP contribution in [0.5, 0.6) is 17.2 Å². The smallest absolute Gasteiger partial charge is 0.256 e. The van der Waals surface area contributed by atoms with Crippen molar-refractivity contribution in [2.75, 3.05) is 68.1 Å². The summed E-state index contributed by atoms with van der Waals surface area (Å²) in [6.07, 6.45) is 1.91. The van der Waals surface area contributed by atoms with Gasteiger partial charge in [-0.2, -0.15) is 11.8 Å². The zero-order chi connectivity index (χ0) is 41.8. The highest BCUT2D eigenvalue weighted by molar-refractivity contribution is 7.99. The standard InChI is InChI=1S/C48H49N5O6S/c1-29-15-37-39(49(2)24-41-35-13-9-7-11-32(35)22-52(41)47(37)55)20-43(29)58-26-30-16-31(18-34(17-30)51(4)46(54)28-60-6)27-59-45-21-40-38(19-44(45)57-5)48(56)53-23-33-12-8-10-14-36(33)42(53)25-50(40)3/h7-21,41-42H,22-28H2,1-6H3/t41-,42-/m1/s1. The average Bonchev–Trinajstić information content (AvgIpc) is 3.76. The SMILES string of the molecule is COc1cc2c(cc1OCc1cc(COc3cc4c(cc3C)C(=O)N3Cc5ccccc5[C@H]3CN4C)cc(N(C)C(=O)CSC)c1)N(C)C[C@@H]1c3ccccc3CN1C2=O. The molecule has 0 spiro atoms. The fourth-order valence-corrected chi connectivity index (χ4v) is 9.63. The van der Waals surface area contributed by atoms with E-state index >= 15 is 0 Å². The summed E-state index contributed by atoms with van der Waals surface area (Å²) >= 11 is 1.48. The number of hydrogen-bond acceptors (Lipinski definition) is 9. The quantitative estimate of drug-likeness (QED) is 0.140. The first-order valence-electron chi connectivity index (χ1n) is 20.2. The van der Waals surface area contributed by atoms with Gasteiger partial charge in [0.15, 0.2) is 11.5 Å². The summed E-state index contributed by atoms with van der Waals surface area (Å²) in [7, 11) is 7.40. The number of aryl methyl sites for hydroxylation is 1. The van der Waals surface area contributed by atoms with Gasteiger partial charge in [0, 0.05) is 65.1 Å². The van der Waals surface area contributed by atoms with Gasteiger partial charge in [-0.25, -0.2) is 0 Å². The van der Waals surface area contributed by atoms with Gasteiger partial charge < -0.3 is 38.7 Å². The lowest BCUT2D eigenvalue weighted by Crippen LogP contribution is -2.32. The van der Waals surface area contributed by atoms with Crippen molar-refractivity contribution in [2.45, 2.75) is 45.3 Å². The predicted octanol–water partition coefficient (Wildman–Crippen LogP) is 7.78. The number of carbonyl (C=O) groups is 3. The second-order valence-electron chi connectivity index (χ2n) is 16.2. The molecule has 2 atom stereocenters. The zero-order valence-corrected chi connectivity index (χ0v) is 35.7. The molecule has 5 aromatic rings. The van der Waals surface area contributed by atoms with E-state index in [0.717, 1.165) is 33.8 Å². The molecule has 308 valence electrons. The highest BCUT2D eigenvalue weighted by atomic mass is 32.2. The van der Waals surface area contributed by atoms with Gasteiger partial charge >= 0.3 is 0 Å². The Morgan fingerprint density at radius 1 is 0.717 bits per heavy atom. The number of amides is 3. The Hall–Kier alpha value is -6.14. The van der Waals surface area contributed by atoms with Crippen molar-refractivity contribution in [1.82, 2.24) is 9.80 Å². The highest BCUT2D eigenvalue weighted by Gasteiger charge is 2.40. The predicted molar refractivity (Wildman–Crippen MR) is 236 cm³/mol. The van der Waals surface area contributed by atoms with Crippen LogP contribution < -0.4 is 28.9 Å². The summed E-state index contributed by atoms with van der Waals surface area (Å²) in [5.41, 5.74) is 10.9. The zero-order valence-electron chi connectivity index (χ0n) is 34.9.